The number of halogens is 1. The minimum absolute atomic E-state index is 0.148. The molecule has 2 heterocycles. The zero-order chi connectivity index (χ0) is 18.5. The molecule has 0 unspecified atom stereocenters. The Hall–Kier alpha value is -2.77. The van der Waals surface area contributed by atoms with E-state index in [1.165, 1.54) is 17.4 Å². The van der Waals surface area contributed by atoms with Crippen LogP contribution in [-0.2, 0) is 4.74 Å². The van der Waals surface area contributed by atoms with Crippen LogP contribution in [0.25, 0.3) is 21.8 Å². The van der Waals surface area contributed by atoms with E-state index in [-0.39, 0.29) is 11.9 Å². The molecule has 26 heavy (non-hydrogen) atoms. The number of amides is 1. The highest BCUT2D eigenvalue weighted by molar-refractivity contribution is 7.15. The molecule has 3 aromatic rings. The van der Waals surface area contributed by atoms with E-state index in [0.717, 1.165) is 21.1 Å². The Morgan fingerprint density at radius 1 is 1.38 bits per heavy atom. The number of nitrogens with zero attached hydrogens (tertiary/aromatic N) is 3. The third-order valence-electron chi connectivity index (χ3n) is 3.31. The molecule has 3 rings (SSSR count). The van der Waals surface area contributed by atoms with E-state index in [2.05, 4.69) is 26.8 Å². The maximum absolute atomic E-state index is 11.7. The van der Waals surface area contributed by atoms with Gasteiger partial charge in [-0.2, -0.15) is 0 Å². The van der Waals surface area contributed by atoms with E-state index >= 15 is 0 Å². The van der Waals surface area contributed by atoms with Gasteiger partial charge in [-0.3, -0.25) is 5.32 Å². The maximum Gasteiger partial charge on any atom is 0.411 e. The van der Waals surface area contributed by atoms with Gasteiger partial charge in [0.2, 0.25) is 5.28 Å². The lowest BCUT2D eigenvalue weighted by Gasteiger charge is -2.07. The second-order valence-electron chi connectivity index (χ2n) is 5.21. The van der Waals surface area contributed by atoms with Crippen LogP contribution in [0.3, 0.4) is 0 Å². The number of thiazole rings is 1. The van der Waals surface area contributed by atoms with Gasteiger partial charge in [-0.25, -0.2) is 19.7 Å². The molecule has 132 valence electrons. The molecule has 2 aromatic heterocycles. The summed E-state index contributed by atoms with van der Waals surface area (Å²) >= 11 is 7.44. The fourth-order valence-electron chi connectivity index (χ4n) is 2.29. The third-order valence-corrected chi connectivity index (χ3v) is 4.48. The lowest BCUT2D eigenvalue weighted by Crippen LogP contribution is -2.13. The Morgan fingerprint density at radius 3 is 3.00 bits per heavy atom. The van der Waals surface area contributed by atoms with Crippen LogP contribution >= 0.6 is 22.9 Å². The molecule has 6 nitrogen and oxygen atoms in total. The van der Waals surface area contributed by atoms with Crippen molar-refractivity contribution in [2.24, 2.45) is 0 Å². The number of nitrogens with one attached hydrogen (secondary N) is 1. The van der Waals surface area contributed by atoms with E-state index in [9.17, 15) is 4.79 Å². The Bertz CT molecular complexity index is 958. The van der Waals surface area contributed by atoms with Crippen LogP contribution in [0.15, 0.2) is 49.2 Å². The molecule has 0 aliphatic heterocycles. The van der Waals surface area contributed by atoms with Crippen molar-refractivity contribution in [2.75, 3.05) is 11.9 Å². The third kappa shape index (κ3) is 4.25. The van der Waals surface area contributed by atoms with Crippen molar-refractivity contribution >= 4 is 34.7 Å². The van der Waals surface area contributed by atoms with E-state index < -0.39 is 6.09 Å². The van der Waals surface area contributed by atoms with Gasteiger partial charge < -0.3 is 4.74 Å². The molecule has 0 bridgehead atoms. The van der Waals surface area contributed by atoms with E-state index in [0.29, 0.717) is 11.4 Å². The smallest absolute Gasteiger partial charge is 0.411 e. The average molecular weight is 387 g/mol. The number of rotatable bonds is 5. The molecule has 1 aromatic carbocycles. The Labute approximate surface area is 159 Å². The fourth-order valence-corrected chi connectivity index (χ4v) is 3.35. The highest BCUT2D eigenvalue weighted by Gasteiger charge is 2.15. The zero-order valence-electron chi connectivity index (χ0n) is 13.9. The first-order valence-electron chi connectivity index (χ1n) is 7.68. The molecule has 0 aliphatic rings. The van der Waals surface area contributed by atoms with Crippen LogP contribution in [0.5, 0.6) is 0 Å². The maximum atomic E-state index is 11.7. The Kier molecular flexibility index (Phi) is 5.60. The van der Waals surface area contributed by atoms with Crippen molar-refractivity contribution < 1.29 is 9.53 Å². The van der Waals surface area contributed by atoms with Crippen molar-refractivity contribution in [3.8, 4) is 21.8 Å². The zero-order valence-corrected chi connectivity index (χ0v) is 15.5. The van der Waals surface area contributed by atoms with Crippen LogP contribution in [-0.4, -0.2) is 27.7 Å². The predicted molar refractivity (Wildman–Crippen MR) is 103 cm³/mol. The average Bonchev–Trinajstić information content (AvgIpc) is 3.02. The summed E-state index contributed by atoms with van der Waals surface area (Å²) in [5.41, 5.74) is 2.93. The van der Waals surface area contributed by atoms with Gasteiger partial charge in [0.05, 0.1) is 21.3 Å². The van der Waals surface area contributed by atoms with Crippen molar-refractivity contribution in [3.05, 3.63) is 59.5 Å². The summed E-state index contributed by atoms with van der Waals surface area (Å²) in [6.45, 7) is 5.58. The summed E-state index contributed by atoms with van der Waals surface area (Å²) in [6.07, 6.45) is 2.57. The minimum atomic E-state index is -0.542. The summed E-state index contributed by atoms with van der Waals surface area (Å²) in [7, 11) is 0. The summed E-state index contributed by atoms with van der Waals surface area (Å²) < 4.78 is 4.94. The number of hydrogen-bond donors (Lipinski definition) is 1. The SMILES string of the molecule is C=CCOC(=O)Nc1cccc(-c2nc(C)sc2-c2ccnc(Cl)n2)c1. The van der Waals surface area contributed by atoms with E-state index in [1.807, 2.05) is 25.1 Å². The molecule has 0 fully saturated rings. The van der Waals surface area contributed by atoms with Gasteiger partial charge in [-0.15, -0.1) is 11.3 Å². The van der Waals surface area contributed by atoms with Crippen LogP contribution in [0, 0.1) is 6.92 Å². The highest BCUT2D eigenvalue weighted by atomic mass is 35.5. The van der Waals surface area contributed by atoms with Gasteiger partial charge in [-0.1, -0.05) is 24.8 Å². The Morgan fingerprint density at radius 2 is 2.23 bits per heavy atom. The van der Waals surface area contributed by atoms with Crippen LogP contribution < -0.4 is 5.32 Å². The molecule has 1 N–H and O–H groups in total. The minimum Gasteiger partial charge on any atom is -0.445 e. The second-order valence-corrected chi connectivity index (χ2v) is 6.76. The number of carbonyl (C=O) groups is 1. The molecular weight excluding hydrogens is 372 g/mol. The molecule has 0 saturated carbocycles. The number of aryl methyl sites for hydroxylation is 1. The first-order chi connectivity index (χ1) is 12.6. The number of anilines is 1. The van der Waals surface area contributed by atoms with Crippen molar-refractivity contribution in [3.63, 3.8) is 0 Å². The highest BCUT2D eigenvalue weighted by Crippen LogP contribution is 2.36. The topological polar surface area (TPSA) is 77.0 Å². The number of carbonyl (C=O) groups excluding carboxylic acids is 1. The fraction of sp³-hybridized carbons (Fsp3) is 0.111. The first-order valence-corrected chi connectivity index (χ1v) is 8.87. The molecule has 1 amide bonds. The van der Waals surface area contributed by atoms with E-state index in [1.54, 1.807) is 18.3 Å². The normalized spacial score (nSPS) is 10.4. The van der Waals surface area contributed by atoms with Gasteiger partial charge in [0, 0.05) is 17.4 Å². The Balaban J connectivity index is 1.94. The number of aromatic nitrogens is 3. The standard InChI is InChI=1S/C18H15ClN4O2S/c1-3-9-25-18(24)22-13-6-4-5-12(10-13)15-16(26-11(2)21-15)14-7-8-20-17(19)23-14/h3-8,10H,1,9H2,2H3,(H,22,24). The van der Waals surface area contributed by atoms with Crippen molar-refractivity contribution in [1.29, 1.82) is 0 Å². The molecule has 0 radical (unpaired) electrons. The van der Waals surface area contributed by atoms with Gasteiger partial charge in [0.1, 0.15) is 6.61 Å². The number of benzene rings is 1. The lowest BCUT2D eigenvalue weighted by molar-refractivity contribution is 0.174. The molecule has 0 spiro atoms. The predicted octanol–water partition coefficient (Wildman–Crippen LogP) is 4.96. The summed E-state index contributed by atoms with van der Waals surface area (Å²) in [6, 6.07) is 9.15. The second kappa shape index (κ2) is 8.07. The first kappa shape index (κ1) is 18.0. The van der Waals surface area contributed by atoms with Gasteiger partial charge in [0.25, 0.3) is 0 Å². The van der Waals surface area contributed by atoms with Crippen LogP contribution in [0.4, 0.5) is 10.5 Å². The van der Waals surface area contributed by atoms with Crippen LogP contribution in [0.1, 0.15) is 5.01 Å². The largest absolute Gasteiger partial charge is 0.445 e. The summed E-state index contributed by atoms with van der Waals surface area (Å²) in [5.74, 6) is 0. The van der Waals surface area contributed by atoms with Crippen molar-refractivity contribution in [2.45, 2.75) is 6.92 Å². The van der Waals surface area contributed by atoms with Gasteiger partial charge in [-0.05, 0) is 36.7 Å². The summed E-state index contributed by atoms with van der Waals surface area (Å²) in [5, 5.41) is 3.76. The molecule has 0 aliphatic carbocycles. The monoisotopic (exact) mass is 386 g/mol. The van der Waals surface area contributed by atoms with Gasteiger partial charge >= 0.3 is 6.09 Å². The van der Waals surface area contributed by atoms with Gasteiger partial charge in [0.15, 0.2) is 0 Å². The van der Waals surface area contributed by atoms with Crippen LogP contribution in [0.2, 0.25) is 5.28 Å². The quantitative estimate of drug-likeness (QED) is 0.495. The molecule has 0 atom stereocenters. The van der Waals surface area contributed by atoms with Crippen molar-refractivity contribution in [1.82, 2.24) is 15.0 Å². The molecular formula is C18H15ClN4O2S. The molecule has 0 saturated heterocycles. The molecule has 8 heteroatoms. The number of ether oxygens (including phenoxy) is 1. The summed E-state index contributed by atoms with van der Waals surface area (Å²) in [4.78, 5) is 25.4. The lowest BCUT2D eigenvalue weighted by atomic mass is 10.1. The van der Waals surface area contributed by atoms with E-state index in [4.69, 9.17) is 16.3 Å². The number of hydrogen-bond acceptors (Lipinski definition) is 6.